The first-order valence-corrected chi connectivity index (χ1v) is 9.34. The molecule has 1 aromatic rings. The predicted octanol–water partition coefficient (Wildman–Crippen LogP) is 2.50. The summed E-state index contributed by atoms with van der Waals surface area (Å²) >= 11 is 0. The Morgan fingerprint density at radius 2 is 1.68 bits per heavy atom. The molecule has 146 valence electrons. The van der Waals surface area contributed by atoms with Crippen molar-refractivity contribution >= 4 is 23.0 Å². The van der Waals surface area contributed by atoms with E-state index in [1.807, 2.05) is 32.8 Å². The lowest BCUT2D eigenvalue weighted by atomic mass is 9.70. The first-order valence-electron chi connectivity index (χ1n) is 9.34. The zero-order valence-electron chi connectivity index (χ0n) is 16.6. The topological polar surface area (TPSA) is 80.8 Å². The Kier molecular flexibility index (Phi) is 5.23. The van der Waals surface area contributed by atoms with Crippen molar-refractivity contribution in [3.05, 3.63) is 58.9 Å². The van der Waals surface area contributed by atoms with Crippen LogP contribution >= 0.6 is 0 Å². The van der Waals surface area contributed by atoms with Gasteiger partial charge < -0.3 is 15.1 Å². The van der Waals surface area contributed by atoms with Gasteiger partial charge in [-0.3, -0.25) is 9.59 Å². The first kappa shape index (κ1) is 19.6. The summed E-state index contributed by atoms with van der Waals surface area (Å²) in [4.78, 5) is 27.3. The molecule has 1 fully saturated rings. The van der Waals surface area contributed by atoms with Crippen LogP contribution in [0.1, 0.15) is 25.3 Å². The Labute approximate surface area is 164 Å². The van der Waals surface area contributed by atoms with Crippen LogP contribution in [0.25, 0.3) is 0 Å². The number of aliphatic hydroxyl groups excluding tert-OH is 1. The van der Waals surface area contributed by atoms with Gasteiger partial charge in [0.15, 0.2) is 11.6 Å². The third kappa shape index (κ3) is 3.15. The molecule has 0 radical (unpaired) electrons. The molecule has 2 aliphatic rings. The second-order valence-electron chi connectivity index (χ2n) is 7.05. The summed E-state index contributed by atoms with van der Waals surface area (Å²) in [6.07, 6.45) is 4.98. The second-order valence-corrected chi connectivity index (χ2v) is 7.05. The fraction of sp³-hybridized carbons (Fsp3) is 0.318. The number of rotatable bonds is 4. The zero-order valence-corrected chi connectivity index (χ0v) is 16.6. The van der Waals surface area contributed by atoms with Crippen LogP contribution in [0.2, 0.25) is 0 Å². The summed E-state index contributed by atoms with van der Waals surface area (Å²) in [5, 5.41) is 20.7. The Hall–Kier alpha value is -3.15. The highest BCUT2D eigenvalue weighted by Crippen LogP contribution is 2.42. The van der Waals surface area contributed by atoms with E-state index in [0.717, 1.165) is 24.5 Å². The maximum Gasteiger partial charge on any atom is 0.203 e. The Balaban J connectivity index is 1.94. The monoisotopic (exact) mass is 381 g/mol. The van der Waals surface area contributed by atoms with Crippen molar-refractivity contribution in [1.82, 2.24) is 0 Å². The number of benzene rings is 1. The smallest absolute Gasteiger partial charge is 0.203 e. The van der Waals surface area contributed by atoms with Crippen LogP contribution in [0.3, 0.4) is 0 Å². The molecule has 2 N–H and O–H groups in total. The fourth-order valence-electron chi connectivity index (χ4n) is 3.57. The number of Topliss-reactive ketones (excluding diaryl/α,β-unsaturated/α-hetero) is 2. The lowest BCUT2D eigenvalue weighted by molar-refractivity contribution is -0.519. The third-order valence-electron chi connectivity index (χ3n) is 5.24. The molecule has 28 heavy (non-hydrogen) atoms. The van der Waals surface area contributed by atoms with E-state index in [2.05, 4.69) is 4.58 Å². The number of hydrogen-bond acceptors (Lipinski definition) is 5. The fourth-order valence-corrected chi connectivity index (χ4v) is 3.57. The minimum absolute atomic E-state index is 0.00955. The lowest BCUT2D eigenvalue weighted by Gasteiger charge is -2.29. The number of carbonyl (C=O) groups excluding carboxylic acids is 2. The van der Waals surface area contributed by atoms with E-state index in [-0.39, 0.29) is 34.2 Å². The second kappa shape index (κ2) is 7.46. The van der Waals surface area contributed by atoms with Crippen molar-refractivity contribution < 1.29 is 24.4 Å². The Morgan fingerprint density at radius 3 is 2.18 bits per heavy atom. The van der Waals surface area contributed by atoms with Gasteiger partial charge >= 0.3 is 0 Å². The summed E-state index contributed by atoms with van der Waals surface area (Å²) in [6, 6.07) is 4.89. The number of carbonyl (C=O) groups is 2. The third-order valence-corrected chi connectivity index (χ3v) is 5.24. The number of ketones is 2. The predicted molar refractivity (Wildman–Crippen MR) is 108 cm³/mol. The van der Waals surface area contributed by atoms with Gasteiger partial charge in [-0.2, -0.15) is 0 Å². The highest BCUT2D eigenvalue weighted by Gasteiger charge is 2.48. The molecule has 6 nitrogen and oxygen atoms in total. The summed E-state index contributed by atoms with van der Waals surface area (Å²) in [6.45, 7) is 5.60. The normalized spacial score (nSPS) is 18.9. The SMILES string of the molecule is CC[N+](CC)=C1C=CC(=C2C(=O)C(c3ccc(N(C)C)cc3O)C2=O)C(O)=C1. The molecular weight excluding hydrogens is 356 g/mol. The van der Waals surface area contributed by atoms with Crippen LogP contribution in [0, 0.1) is 0 Å². The minimum atomic E-state index is -1.02. The van der Waals surface area contributed by atoms with Gasteiger partial charge in [-0.1, -0.05) is 6.07 Å². The van der Waals surface area contributed by atoms with Crippen molar-refractivity contribution in [3.63, 3.8) is 0 Å². The number of aliphatic hydroxyl groups is 1. The molecule has 0 saturated heterocycles. The van der Waals surface area contributed by atoms with Crippen LogP contribution in [0.4, 0.5) is 5.69 Å². The van der Waals surface area contributed by atoms with E-state index in [0.29, 0.717) is 5.56 Å². The highest BCUT2D eigenvalue weighted by atomic mass is 16.3. The van der Waals surface area contributed by atoms with E-state index in [1.165, 1.54) is 6.07 Å². The van der Waals surface area contributed by atoms with Gasteiger partial charge in [0.1, 0.15) is 30.5 Å². The number of anilines is 1. The van der Waals surface area contributed by atoms with E-state index in [4.69, 9.17) is 0 Å². The quantitative estimate of drug-likeness (QED) is 0.363. The molecular formula is C22H25N2O4+. The molecule has 1 aromatic carbocycles. The Bertz CT molecular complexity index is 956. The van der Waals surface area contributed by atoms with Crippen molar-refractivity contribution in [3.8, 4) is 5.75 Å². The average Bonchev–Trinajstić information content (AvgIpc) is 2.66. The summed E-state index contributed by atoms with van der Waals surface area (Å²) in [7, 11) is 3.68. The van der Waals surface area contributed by atoms with Crippen molar-refractivity contribution in [1.29, 1.82) is 0 Å². The summed E-state index contributed by atoms with van der Waals surface area (Å²) in [5.74, 6) is -1.97. The maximum absolute atomic E-state index is 12.7. The molecule has 6 heteroatoms. The number of aromatic hydroxyl groups is 1. The van der Waals surface area contributed by atoms with E-state index < -0.39 is 5.92 Å². The zero-order chi connectivity index (χ0) is 20.6. The standard InChI is InChI=1S/C22H24N2O4/c1-5-24(6-2)14-8-10-16(18(26)12-14)20-21(27)19(22(20)28)15-9-7-13(23(3)4)11-17(15)25/h7-12,19,25H,5-6H2,1-4H3/p+1. The molecule has 0 aromatic heterocycles. The number of phenolic OH excluding ortho intramolecular Hbond substituents is 1. The van der Waals surface area contributed by atoms with Gasteiger partial charge in [0, 0.05) is 43.1 Å². The van der Waals surface area contributed by atoms with Crippen molar-refractivity contribution in [2.75, 3.05) is 32.1 Å². The molecule has 0 heterocycles. The largest absolute Gasteiger partial charge is 0.508 e. The van der Waals surface area contributed by atoms with Gasteiger partial charge in [0.05, 0.1) is 11.6 Å². The van der Waals surface area contributed by atoms with E-state index in [9.17, 15) is 19.8 Å². The average molecular weight is 381 g/mol. The Morgan fingerprint density at radius 1 is 1.04 bits per heavy atom. The molecule has 0 unspecified atom stereocenters. The van der Waals surface area contributed by atoms with E-state index >= 15 is 0 Å². The van der Waals surface area contributed by atoms with Crippen molar-refractivity contribution in [2.45, 2.75) is 19.8 Å². The lowest BCUT2D eigenvalue weighted by Crippen LogP contribution is -2.40. The molecule has 0 aliphatic heterocycles. The molecule has 1 saturated carbocycles. The number of allylic oxidation sites excluding steroid dienone is 4. The number of phenols is 1. The van der Waals surface area contributed by atoms with Gasteiger partial charge in [0.25, 0.3) is 0 Å². The molecule has 0 amide bonds. The van der Waals surface area contributed by atoms with Crippen LogP contribution in [-0.2, 0) is 9.59 Å². The summed E-state index contributed by atoms with van der Waals surface area (Å²) < 4.78 is 2.06. The van der Waals surface area contributed by atoms with Crippen LogP contribution in [-0.4, -0.2) is 59.3 Å². The molecule has 2 aliphatic carbocycles. The molecule has 0 spiro atoms. The van der Waals surface area contributed by atoms with E-state index in [1.54, 1.807) is 30.4 Å². The molecule has 0 atom stereocenters. The first-order chi connectivity index (χ1) is 13.3. The van der Waals surface area contributed by atoms with Gasteiger partial charge in [0.2, 0.25) is 5.71 Å². The number of nitrogens with zero attached hydrogens (tertiary/aromatic N) is 2. The highest BCUT2D eigenvalue weighted by molar-refractivity contribution is 6.42. The number of hydrogen-bond donors (Lipinski definition) is 2. The molecule has 0 bridgehead atoms. The van der Waals surface area contributed by atoms with Crippen LogP contribution < -0.4 is 4.90 Å². The van der Waals surface area contributed by atoms with Gasteiger partial charge in [-0.15, -0.1) is 0 Å². The maximum atomic E-state index is 12.7. The van der Waals surface area contributed by atoms with Gasteiger partial charge in [-0.25, -0.2) is 4.58 Å². The van der Waals surface area contributed by atoms with Crippen LogP contribution in [0.5, 0.6) is 5.75 Å². The molecule has 3 rings (SSSR count). The van der Waals surface area contributed by atoms with Crippen molar-refractivity contribution in [2.24, 2.45) is 0 Å². The van der Waals surface area contributed by atoms with Crippen LogP contribution in [0.15, 0.2) is 53.3 Å². The minimum Gasteiger partial charge on any atom is -0.508 e. The summed E-state index contributed by atoms with van der Waals surface area (Å²) in [5.41, 5.74) is 2.13. The van der Waals surface area contributed by atoms with Gasteiger partial charge in [-0.05, 0) is 26.0 Å².